The Hall–Kier alpha value is -2.17. The number of anilines is 1. The van der Waals surface area contributed by atoms with Gasteiger partial charge in [-0.3, -0.25) is 4.79 Å². The summed E-state index contributed by atoms with van der Waals surface area (Å²) in [5.74, 6) is 0.333. The lowest BCUT2D eigenvalue weighted by Gasteiger charge is -1.95. The Morgan fingerprint density at radius 3 is 2.44 bits per heavy atom. The third-order valence-corrected chi connectivity index (χ3v) is 2.24. The zero-order valence-corrected chi connectivity index (χ0v) is 9.14. The van der Waals surface area contributed by atoms with Gasteiger partial charge in [0, 0.05) is 12.5 Å². The normalized spacial score (nSPS) is 10.4. The summed E-state index contributed by atoms with van der Waals surface area (Å²) in [5.41, 5.74) is 7.58. The van der Waals surface area contributed by atoms with E-state index in [0.717, 1.165) is 15.8 Å². The highest BCUT2D eigenvalue weighted by atomic mass is 16.2. The fourth-order valence-corrected chi connectivity index (χ4v) is 1.38. The molecule has 0 saturated carbocycles. The highest BCUT2D eigenvalue weighted by molar-refractivity contribution is 5.78. The Balaban J connectivity index is 2.45. The third kappa shape index (κ3) is 1.79. The van der Waals surface area contributed by atoms with E-state index in [1.54, 1.807) is 0 Å². The highest BCUT2D eigenvalue weighted by Gasteiger charge is 2.11. The van der Waals surface area contributed by atoms with Crippen molar-refractivity contribution in [2.45, 2.75) is 13.8 Å². The second-order valence-corrected chi connectivity index (χ2v) is 3.59. The van der Waals surface area contributed by atoms with Crippen molar-refractivity contribution in [3.63, 3.8) is 0 Å². The molecule has 0 unspecified atom stereocenters. The Morgan fingerprint density at radius 1 is 1.31 bits per heavy atom. The van der Waals surface area contributed by atoms with E-state index >= 15 is 0 Å². The van der Waals surface area contributed by atoms with Gasteiger partial charge in [0.05, 0.1) is 0 Å². The fraction of sp³-hybridized carbons (Fsp3) is 0.182. The van der Waals surface area contributed by atoms with Crippen molar-refractivity contribution in [1.29, 1.82) is 0 Å². The van der Waals surface area contributed by atoms with Crippen molar-refractivity contribution < 1.29 is 4.79 Å². The minimum Gasteiger partial charge on any atom is -0.368 e. The number of nitrogens with zero attached hydrogens (tertiary/aromatic N) is 3. The molecule has 1 aromatic heterocycles. The Labute approximate surface area is 92.9 Å². The fourth-order valence-electron chi connectivity index (χ4n) is 1.38. The van der Waals surface area contributed by atoms with Crippen molar-refractivity contribution in [1.82, 2.24) is 14.8 Å². The summed E-state index contributed by atoms with van der Waals surface area (Å²) in [6.07, 6.45) is 0. The van der Waals surface area contributed by atoms with Crippen LogP contribution in [0.4, 0.5) is 5.95 Å². The first-order chi connectivity index (χ1) is 7.58. The number of nitrogen functional groups attached to an aromatic ring is 1. The molecule has 0 saturated heterocycles. The zero-order valence-electron chi connectivity index (χ0n) is 9.14. The van der Waals surface area contributed by atoms with Crippen LogP contribution in [0.15, 0.2) is 24.3 Å². The van der Waals surface area contributed by atoms with Crippen molar-refractivity contribution >= 4 is 11.9 Å². The lowest BCUT2D eigenvalue weighted by Crippen LogP contribution is -2.11. The number of aromatic nitrogens is 3. The standard InChI is InChI=1S/C11H12N4O/c1-7-3-5-9(6-4-7)10-13-11(12)15(14-10)8(2)16/h3-6H,1-2H3,(H2,12,13,14). The summed E-state index contributed by atoms with van der Waals surface area (Å²) in [6.45, 7) is 3.39. The van der Waals surface area contributed by atoms with E-state index in [-0.39, 0.29) is 11.9 Å². The van der Waals surface area contributed by atoms with E-state index in [1.165, 1.54) is 6.92 Å². The molecule has 0 aliphatic carbocycles. The Bertz CT molecular complexity index is 527. The number of aryl methyl sites for hydroxylation is 1. The molecule has 0 radical (unpaired) electrons. The topological polar surface area (TPSA) is 73.8 Å². The molecule has 1 aromatic carbocycles. The molecule has 5 nitrogen and oxygen atoms in total. The molecule has 1 heterocycles. The third-order valence-electron chi connectivity index (χ3n) is 2.24. The molecule has 16 heavy (non-hydrogen) atoms. The van der Waals surface area contributed by atoms with E-state index in [2.05, 4.69) is 10.1 Å². The molecule has 0 aliphatic rings. The van der Waals surface area contributed by atoms with Gasteiger partial charge in [0.15, 0.2) is 5.82 Å². The van der Waals surface area contributed by atoms with Gasteiger partial charge in [-0.25, -0.2) is 0 Å². The molecular formula is C11H12N4O. The Morgan fingerprint density at radius 2 is 1.94 bits per heavy atom. The van der Waals surface area contributed by atoms with Crippen LogP contribution in [0, 0.1) is 6.92 Å². The summed E-state index contributed by atoms with van der Waals surface area (Å²) in [7, 11) is 0. The smallest absolute Gasteiger partial charge is 0.246 e. The van der Waals surface area contributed by atoms with Gasteiger partial charge in [0.1, 0.15) is 0 Å². The summed E-state index contributed by atoms with van der Waals surface area (Å²) >= 11 is 0. The van der Waals surface area contributed by atoms with Crippen LogP contribution >= 0.6 is 0 Å². The highest BCUT2D eigenvalue weighted by Crippen LogP contribution is 2.16. The van der Waals surface area contributed by atoms with Gasteiger partial charge in [0.2, 0.25) is 11.9 Å². The molecule has 0 amide bonds. The van der Waals surface area contributed by atoms with Gasteiger partial charge in [-0.15, -0.1) is 5.10 Å². The molecule has 0 aliphatic heterocycles. The number of carbonyl (C=O) groups excluding carboxylic acids is 1. The van der Waals surface area contributed by atoms with Crippen LogP contribution in [-0.4, -0.2) is 20.7 Å². The number of benzene rings is 1. The molecule has 2 aromatic rings. The van der Waals surface area contributed by atoms with Crippen LogP contribution < -0.4 is 5.73 Å². The van der Waals surface area contributed by atoms with Gasteiger partial charge in [-0.05, 0) is 6.92 Å². The molecule has 0 atom stereocenters. The van der Waals surface area contributed by atoms with E-state index in [4.69, 9.17) is 5.73 Å². The Kier molecular flexibility index (Phi) is 2.44. The molecule has 2 rings (SSSR count). The lowest BCUT2D eigenvalue weighted by molar-refractivity contribution is 0.0924. The molecule has 0 fully saturated rings. The zero-order chi connectivity index (χ0) is 11.7. The summed E-state index contributed by atoms with van der Waals surface area (Å²) < 4.78 is 1.09. The number of rotatable bonds is 1. The number of hydrogen-bond donors (Lipinski definition) is 1. The molecule has 2 N–H and O–H groups in total. The first-order valence-electron chi connectivity index (χ1n) is 4.88. The number of carbonyl (C=O) groups is 1. The summed E-state index contributed by atoms with van der Waals surface area (Å²) in [4.78, 5) is 15.2. The maximum Gasteiger partial charge on any atom is 0.246 e. The summed E-state index contributed by atoms with van der Waals surface area (Å²) in [5, 5.41) is 4.04. The van der Waals surface area contributed by atoms with E-state index in [9.17, 15) is 4.79 Å². The molecule has 5 heteroatoms. The van der Waals surface area contributed by atoms with Crippen LogP contribution in [0.3, 0.4) is 0 Å². The van der Waals surface area contributed by atoms with Crippen LogP contribution in [0.1, 0.15) is 17.3 Å². The van der Waals surface area contributed by atoms with E-state index in [0.29, 0.717) is 5.82 Å². The monoisotopic (exact) mass is 216 g/mol. The SMILES string of the molecule is CC(=O)n1nc(-c2ccc(C)cc2)nc1N. The van der Waals surface area contributed by atoms with Crippen LogP contribution in [0.5, 0.6) is 0 Å². The second-order valence-electron chi connectivity index (χ2n) is 3.59. The quantitative estimate of drug-likeness (QED) is 0.783. The largest absolute Gasteiger partial charge is 0.368 e. The van der Waals surface area contributed by atoms with Gasteiger partial charge in [-0.1, -0.05) is 29.8 Å². The van der Waals surface area contributed by atoms with Crippen molar-refractivity contribution in [3.05, 3.63) is 29.8 Å². The average molecular weight is 216 g/mol. The van der Waals surface area contributed by atoms with Crippen LogP contribution in [-0.2, 0) is 0 Å². The predicted octanol–water partition coefficient (Wildman–Crippen LogP) is 1.50. The van der Waals surface area contributed by atoms with Gasteiger partial charge >= 0.3 is 0 Å². The second kappa shape index (κ2) is 3.77. The van der Waals surface area contributed by atoms with E-state index < -0.39 is 0 Å². The lowest BCUT2D eigenvalue weighted by atomic mass is 10.1. The first-order valence-corrected chi connectivity index (χ1v) is 4.88. The minimum absolute atomic E-state index is 0.114. The number of nitrogens with two attached hydrogens (primary N) is 1. The maximum atomic E-state index is 11.1. The van der Waals surface area contributed by atoms with Crippen molar-refractivity contribution in [3.8, 4) is 11.4 Å². The van der Waals surface area contributed by atoms with Gasteiger partial charge in [0.25, 0.3) is 0 Å². The van der Waals surface area contributed by atoms with Crippen molar-refractivity contribution in [2.75, 3.05) is 5.73 Å². The molecular weight excluding hydrogens is 204 g/mol. The van der Waals surface area contributed by atoms with Gasteiger partial charge < -0.3 is 5.73 Å². The molecule has 0 bridgehead atoms. The summed E-state index contributed by atoms with van der Waals surface area (Å²) in [6, 6.07) is 7.71. The van der Waals surface area contributed by atoms with Crippen LogP contribution in [0.25, 0.3) is 11.4 Å². The average Bonchev–Trinajstić information content (AvgIpc) is 2.61. The maximum absolute atomic E-state index is 11.1. The molecule has 82 valence electrons. The van der Waals surface area contributed by atoms with Crippen LogP contribution in [0.2, 0.25) is 0 Å². The predicted molar refractivity (Wildman–Crippen MR) is 60.9 cm³/mol. The van der Waals surface area contributed by atoms with Gasteiger partial charge in [-0.2, -0.15) is 9.67 Å². The molecule has 0 spiro atoms. The number of hydrogen-bond acceptors (Lipinski definition) is 4. The minimum atomic E-state index is -0.247. The van der Waals surface area contributed by atoms with Crippen molar-refractivity contribution in [2.24, 2.45) is 0 Å². The van der Waals surface area contributed by atoms with E-state index in [1.807, 2.05) is 31.2 Å². The first kappa shape index (κ1) is 10.4.